The summed E-state index contributed by atoms with van der Waals surface area (Å²) in [5.74, 6) is 0. The van der Waals surface area contributed by atoms with Crippen LogP contribution in [0, 0.1) is 0 Å². The van der Waals surface area contributed by atoms with Gasteiger partial charge in [0.15, 0.2) is 0 Å². The molecule has 1 heterocycles. The fourth-order valence-electron chi connectivity index (χ4n) is 0.910. The molecule has 1 aliphatic heterocycles. The van der Waals surface area contributed by atoms with Crippen LogP contribution in [0.2, 0.25) is 0 Å². The maximum atomic E-state index is 4.12. The summed E-state index contributed by atoms with van der Waals surface area (Å²) in [5.41, 5.74) is 1.90. The van der Waals surface area contributed by atoms with Gasteiger partial charge in [0.1, 0.15) is 5.69 Å². The third-order valence-electron chi connectivity index (χ3n) is 1.38. The zero-order chi connectivity index (χ0) is 6.81. The summed E-state index contributed by atoms with van der Waals surface area (Å²) < 4.78 is 0. The van der Waals surface area contributed by atoms with Crippen molar-refractivity contribution in [3.05, 3.63) is 24.3 Å². The molecule has 0 saturated carbocycles. The van der Waals surface area contributed by atoms with Crippen LogP contribution in [0.25, 0.3) is 0 Å². The third-order valence-corrected chi connectivity index (χ3v) is 1.38. The molecule has 0 fully saturated rings. The van der Waals surface area contributed by atoms with Crippen LogP contribution in [-0.4, -0.2) is 12.4 Å². The van der Waals surface area contributed by atoms with E-state index in [0.717, 1.165) is 11.4 Å². The van der Waals surface area contributed by atoms with Crippen LogP contribution in [-0.2, 0) is 0 Å². The molecule has 10 heavy (non-hydrogen) atoms. The Kier molecular flexibility index (Phi) is 1.10. The van der Waals surface area contributed by atoms with Gasteiger partial charge < -0.3 is 0 Å². The summed E-state index contributed by atoms with van der Waals surface area (Å²) in [6, 6.07) is 7.80. The van der Waals surface area contributed by atoms with E-state index in [0.29, 0.717) is 0 Å². The second-order valence-corrected chi connectivity index (χ2v) is 2.05. The second-order valence-electron chi connectivity index (χ2n) is 2.05. The second kappa shape index (κ2) is 2.06. The first-order valence-electron chi connectivity index (χ1n) is 3.12. The monoisotopic (exact) mass is 130 g/mol. The number of nitrogens with zero attached hydrogens (tertiary/aromatic N) is 2. The molecule has 0 bridgehead atoms. The van der Waals surface area contributed by atoms with Gasteiger partial charge in [-0.3, -0.25) is 0 Å². The first kappa shape index (κ1) is 5.35. The van der Waals surface area contributed by atoms with Gasteiger partial charge in [-0.25, -0.2) is 4.99 Å². The number of fused-ring (bicyclic) bond motifs is 1. The summed E-state index contributed by atoms with van der Waals surface area (Å²) in [6.07, 6.45) is 3.39. The highest BCUT2D eigenvalue weighted by Gasteiger charge is 2.09. The van der Waals surface area contributed by atoms with Crippen molar-refractivity contribution in [2.75, 3.05) is 0 Å². The van der Waals surface area contributed by atoms with E-state index in [4.69, 9.17) is 0 Å². The molecular formula is C8H6N2+. The van der Waals surface area contributed by atoms with Gasteiger partial charge in [-0.1, -0.05) is 12.1 Å². The number of rotatable bonds is 0. The number of para-hydroxylation sites is 2. The van der Waals surface area contributed by atoms with Crippen LogP contribution in [0.1, 0.15) is 0 Å². The van der Waals surface area contributed by atoms with Crippen molar-refractivity contribution in [2.24, 2.45) is 4.99 Å². The zero-order valence-corrected chi connectivity index (χ0v) is 5.36. The summed E-state index contributed by atoms with van der Waals surface area (Å²) in [6.45, 7) is 0. The molecular weight excluding hydrogens is 124 g/mol. The molecule has 0 saturated heterocycles. The van der Waals surface area contributed by atoms with Crippen molar-refractivity contribution < 1.29 is 0 Å². The summed E-state index contributed by atoms with van der Waals surface area (Å²) in [7, 11) is 0. The van der Waals surface area contributed by atoms with E-state index in [9.17, 15) is 0 Å². The Morgan fingerprint density at radius 2 is 2.10 bits per heavy atom. The van der Waals surface area contributed by atoms with E-state index >= 15 is 0 Å². The first-order valence-corrected chi connectivity index (χ1v) is 3.12. The van der Waals surface area contributed by atoms with Crippen LogP contribution in [0.5, 0.6) is 0 Å². The molecule has 0 aromatic heterocycles. The summed E-state index contributed by atoms with van der Waals surface area (Å²) in [5, 5.41) is 0. The molecule has 0 atom stereocenters. The van der Waals surface area contributed by atoms with Gasteiger partial charge in [0.25, 0.3) is 6.21 Å². The quantitative estimate of drug-likeness (QED) is 0.508. The molecule has 0 aliphatic carbocycles. The first-order chi connectivity index (χ1) is 4.97. The molecule has 0 amide bonds. The van der Waals surface area contributed by atoms with Crippen molar-refractivity contribution >= 4 is 23.8 Å². The van der Waals surface area contributed by atoms with Gasteiger partial charge in [-0.2, -0.15) is 0 Å². The van der Waals surface area contributed by atoms with E-state index in [1.165, 1.54) is 0 Å². The van der Waals surface area contributed by atoms with E-state index in [1.807, 2.05) is 24.3 Å². The average Bonchev–Trinajstić information content (AvgIpc) is 2.05. The molecule has 0 unspecified atom stereocenters. The molecule has 1 aromatic carbocycles. The Hall–Kier alpha value is -1.44. The Morgan fingerprint density at radius 1 is 1.20 bits per heavy atom. The predicted molar refractivity (Wildman–Crippen MR) is 42.5 cm³/mol. The Labute approximate surface area is 58.9 Å². The van der Waals surface area contributed by atoms with Crippen molar-refractivity contribution in [3.8, 4) is 0 Å². The number of hydrogen-bond donors (Lipinski definition) is 0. The number of hydrogen-bond acceptors (Lipinski definition) is 2. The highest BCUT2D eigenvalue weighted by molar-refractivity contribution is 6.18. The smallest absolute Gasteiger partial charge is 0.243 e. The number of benzene rings is 1. The normalized spacial score (nSPS) is 13.2. The largest absolute Gasteiger partial charge is 0.302 e. The lowest BCUT2D eigenvalue weighted by Crippen LogP contribution is -1.91. The van der Waals surface area contributed by atoms with Gasteiger partial charge in [0, 0.05) is 6.07 Å². The van der Waals surface area contributed by atoms with Crippen molar-refractivity contribution in [1.29, 1.82) is 0 Å². The molecule has 1 radical (unpaired) electrons. The van der Waals surface area contributed by atoms with Gasteiger partial charge in [-0.05, 0) is 6.07 Å². The van der Waals surface area contributed by atoms with Crippen molar-refractivity contribution in [1.82, 2.24) is 4.99 Å². The number of aliphatic imine (C=N–C) groups is 2. The van der Waals surface area contributed by atoms with Gasteiger partial charge in [0.2, 0.25) is 0 Å². The molecule has 1 aromatic rings. The van der Waals surface area contributed by atoms with Gasteiger partial charge in [-0.15, -0.1) is 0 Å². The molecule has 2 rings (SSSR count). The van der Waals surface area contributed by atoms with E-state index in [1.54, 1.807) is 12.4 Å². The minimum absolute atomic E-state index is 0.949. The van der Waals surface area contributed by atoms with Crippen LogP contribution in [0.4, 0.5) is 11.4 Å². The standard InChI is InChI=1S/C8H6N2/c1-2-4-8-7(3-1)9-5-6-10-8/h1-6H/q+1. The maximum absolute atomic E-state index is 4.12. The Bertz CT molecular complexity index is 269. The predicted octanol–water partition coefficient (Wildman–Crippen LogP) is 1.44. The van der Waals surface area contributed by atoms with Crippen LogP contribution in [0.3, 0.4) is 0 Å². The summed E-state index contributed by atoms with van der Waals surface area (Å²) >= 11 is 0. The SMILES string of the molecule is C1=Nc2ccccc2[N+]=C1. The van der Waals surface area contributed by atoms with Crippen LogP contribution in [0.15, 0.2) is 29.3 Å². The molecule has 2 nitrogen and oxygen atoms in total. The minimum Gasteiger partial charge on any atom is -0.243 e. The van der Waals surface area contributed by atoms with E-state index < -0.39 is 0 Å². The zero-order valence-electron chi connectivity index (χ0n) is 5.36. The topological polar surface area (TPSA) is 26.5 Å². The molecule has 0 N–H and O–H groups in total. The Balaban J connectivity index is 2.65. The van der Waals surface area contributed by atoms with Crippen LogP contribution >= 0.6 is 0 Å². The minimum atomic E-state index is 0.949. The third kappa shape index (κ3) is 0.739. The highest BCUT2D eigenvalue weighted by Crippen LogP contribution is 2.23. The van der Waals surface area contributed by atoms with E-state index in [-0.39, 0.29) is 0 Å². The average molecular weight is 130 g/mol. The molecule has 2 heteroatoms. The summed E-state index contributed by atoms with van der Waals surface area (Å²) in [4.78, 5) is 8.24. The van der Waals surface area contributed by atoms with E-state index in [2.05, 4.69) is 9.98 Å². The lowest BCUT2D eigenvalue weighted by molar-refractivity contribution is 1.35. The van der Waals surface area contributed by atoms with Gasteiger partial charge in [0.05, 0.1) is 11.2 Å². The Morgan fingerprint density at radius 3 is 3.00 bits per heavy atom. The van der Waals surface area contributed by atoms with Gasteiger partial charge >= 0.3 is 5.69 Å². The fraction of sp³-hybridized carbons (Fsp3) is 0. The van der Waals surface area contributed by atoms with Crippen molar-refractivity contribution in [3.63, 3.8) is 0 Å². The lowest BCUT2D eigenvalue weighted by atomic mass is 10.2. The fourth-order valence-corrected chi connectivity index (χ4v) is 0.910. The molecule has 47 valence electrons. The van der Waals surface area contributed by atoms with Crippen LogP contribution < -0.4 is 4.99 Å². The lowest BCUT2D eigenvalue weighted by Gasteiger charge is -1.90. The highest BCUT2D eigenvalue weighted by atomic mass is 14.9. The van der Waals surface area contributed by atoms with Crippen molar-refractivity contribution in [2.45, 2.75) is 0 Å². The maximum Gasteiger partial charge on any atom is 0.302 e. The molecule has 0 spiro atoms. The molecule has 1 aliphatic rings.